The maximum absolute atomic E-state index is 5.63. The second-order valence-corrected chi connectivity index (χ2v) is 3.96. The molecule has 4 nitrogen and oxygen atoms in total. The Morgan fingerprint density at radius 2 is 2.00 bits per heavy atom. The fourth-order valence-electron chi connectivity index (χ4n) is 1.69. The molecule has 4 heteroatoms. The van der Waals surface area contributed by atoms with Gasteiger partial charge in [-0.15, -0.1) is 0 Å². The van der Waals surface area contributed by atoms with Gasteiger partial charge in [0, 0.05) is 12.3 Å². The van der Waals surface area contributed by atoms with Crippen LogP contribution in [0.25, 0.3) is 0 Å². The Kier molecular flexibility index (Phi) is 4.55. The van der Waals surface area contributed by atoms with Gasteiger partial charge in [-0.25, -0.2) is 10.8 Å². The predicted octanol–water partition coefficient (Wildman–Crippen LogP) is 2.38. The predicted molar refractivity (Wildman–Crippen MR) is 72.3 cm³/mol. The molecule has 1 aromatic heterocycles. The van der Waals surface area contributed by atoms with Gasteiger partial charge < -0.3 is 10.2 Å². The molecule has 0 spiro atoms. The number of anilines is 1. The number of hydrazine groups is 1. The number of nitrogens with two attached hydrogens (primary N) is 1. The Bertz CT molecular complexity index is 473. The number of nitrogens with zero attached hydrogens (tertiary/aromatic N) is 1. The maximum Gasteiger partial charge on any atom is 0.143 e. The smallest absolute Gasteiger partial charge is 0.143 e. The van der Waals surface area contributed by atoms with Crippen molar-refractivity contribution < 1.29 is 4.74 Å². The molecule has 0 amide bonds. The first-order valence-electron chi connectivity index (χ1n) is 5.98. The van der Waals surface area contributed by atoms with Crippen LogP contribution in [0.15, 0.2) is 48.7 Å². The molecule has 0 fully saturated rings. The van der Waals surface area contributed by atoms with Crippen molar-refractivity contribution in [1.29, 1.82) is 0 Å². The van der Waals surface area contributed by atoms with Gasteiger partial charge in [0.2, 0.25) is 0 Å². The zero-order valence-corrected chi connectivity index (χ0v) is 10.2. The van der Waals surface area contributed by atoms with E-state index >= 15 is 0 Å². The van der Waals surface area contributed by atoms with Gasteiger partial charge in [0.15, 0.2) is 0 Å². The molecule has 94 valence electrons. The van der Waals surface area contributed by atoms with Gasteiger partial charge in [0.25, 0.3) is 0 Å². The Morgan fingerprint density at radius 3 is 2.78 bits per heavy atom. The lowest BCUT2D eigenvalue weighted by molar-refractivity contribution is 0.311. The number of aromatic nitrogens is 1. The van der Waals surface area contributed by atoms with Crippen LogP contribution in [0, 0.1) is 0 Å². The molecular formula is C14H17N3O. The van der Waals surface area contributed by atoms with Crippen molar-refractivity contribution in [2.45, 2.75) is 12.8 Å². The van der Waals surface area contributed by atoms with Gasteiger partial charge in [0.05, 0.1) is 6.61 Å². The van der Waals surface area contributed by atoms with Crippen molar-refractivity contribution in [3.05, 3.63) is 54.2 Å². The zero-order valence-electron chi connectivity index (χ0n) is 10.2. The fraction of sp³-hybridized carbons (Fsp3) is 0.214. The second-order valence-electron chi connectivity index (χ2n) is 3.96. The molecule has 0 aliphatic heterocycles. The molecule has 0 unspecified atom stereocenters. The minimum absolute atomic E-state index is 0.607. The number of rotatable bonds is 6. The highest BCUT2D eigenvalue weighted by molar-refractivity contribution is 5.39. The topological polar surface area (TPSA) is 60.2 Å². The molecule has 0 aliphatic rings. The van der Waals surface area contributed by atoms with Crippen molar-refractivity contribution in [2.24, 2.45) is 5.84 Å². The highest BCUT2D eigenvalue weighted by Crippen LogP contribution is 2.14. The molecule has 2 rings (SSSR count). The lowest BCUT2D eigenvalue weighted by Gasteiger charge is -2.07. The summed E-state index contributed by atoms with van der Waals surface area (Å²) < 4.78 is 5.63. The average Bonchev–Trinajstić information content (AvgIpc) is 2.45. The van der Waals surface area contributed by atoms with Gasteiger partial charge in [-0.1, -0.05) is 30.3 Å². The van der Waals surface area contributed by atoms with E-state index in [0.29, 0.717) is 12.4 Å². The number of nitrogen functional groups attached to an aromatic ring is 1. The highest BCUT2D eigenvalue weighted by Gasteiger charge is 1.97. The summed E-state index contributed by atoms with van der Waals surface area (Å²) in [4.78, 5) is 4.02. The number of aryl methyl sites for hydroxylation is 1. The summed E-state index contributed by atoms with van der Waals surface area (Å²) in [6, 6.07) is 14.0. The number of nitrogens with one attached hydrogen (secondary N) is 1. The number of pyridine rings is 1. The van der Waals surface area contributed by atoms with Crippen LogP contribution < -0.4 is 16.0 Å². The first-order chi connectivity index (χ1) is 8.88. The summed E-state index contributed by atoms with van der Waals surface area (Å²) >= 11 is 0. The van der Waals surface area contributed by atoms with Crippen LogP contribution in [-0.2, 0) is 6.42 Å². The summed E-state index contributed by atoms with van der Waals surface area (Å²) in [6.07, 6.45) is 3.67. The van der Waals surface area contributed by atoms with Crippen LogP contribution in [0.5, 0.6) is 5.75 Å². The molecule has 0 saturated carbocycles. The van der Waals surface area contributed by atoms with Gasteiger partial charge in [-0.2, -0.15) is 0 Å². The molecule has 0 bridgehead atoms. The summed E-state index contributed by atoms with van der Waals surface area (Å²) in [5, 5.41) is 0. The van der Waals surface area contributed by atoms with Gasteiger partial charge in [-0.05, 0) is 24.5 Å². The molecule has 3 N–H and O–H groups in total. The lowest BCUT2D eigenvalue weighted by atomic mass is 10.1. The minimum atomic E-state index is 0.607. The van der Waals surface area contributed by atoms with Crippen molar-refractivity contribution >= 4 is 5.82 Å². The summed E-state index contributed by atoms with van der Waals surface area (Å²) in [5.74, 6) is 6.67. The third-order valence-corrected chi connectivity index (χ3v) is 2.60. The van der Waals surface area contributed by atoms with E-state index in [2.05, 4.69) is 34.7 Å². The van der Waals surface area contributed by atoms with Crippen molar-refractivity contribution in [3.8, 4) is 5.75 Å². The van der Waals surface area contributed by atoms with Crippen molar-refractivity contribution in [2.75, 3.05) is 12.0 Å². The van der Waals surface area contributed by atoms with E-state index in [1.54, 1.807) is 12.3 Å². The molecule has 1 heterocycles. The molecule has 1 aromatic carbocycles. The first-order valence-corrected chi connectivity index (χ1v) is 5.98. The number of hydrogen-bond donors (Lipinski definition) is 2. The zero-order chi connectivity index (χ0) is 12.6. The minimum Gasteiger partial charge on any atom is -0.493 e. The van der Waals surface area contributed by atoms with E-state index in [4.69, 9.17) is 10.6 Å². The van der Waals surface area contributed by atoms with E-state index in [9.17, 15) is 0 Å². The molecule has 2 aromatic rings. The molecule has 0 radical (unpaired) electrons. The Morgan fingerprint density at radius 1 is 1.17 bits per heavy atom. The average molecular weight is 243 g/mol. The summed E-state index contributed by atoms with van der Waals surface area (Å²) in [6.45, 7) is 0.683. The molecule has 0 saturated heterocycles. The molecule has 0 atom stereocenters. The van der Waals surface area contributed by atoms with E-state index in [1.807, 2.05) is 12.1 Å². The molecule has 18 heavy (non-hydrogen) atoms. The van der Waals surface area contributed by atoms with E-state index in [-0.39, 0.29) is 0 Å². The Balaban J connectivity index is 1.75. The Hall–Kier alpha value is -2.07. The van der Waals surface area contributed by atoms with Crippen LogP contribution in [-0.4, -0.2) is 11.6 Å². The van der Waals surface area contributed by atoms with Crippen molar-refractivity contribution in [3.63, 3.8) is 0 Å². The Labute approximate surface area is 107 Å². The third-order valence-electron chi connectivity index (χ3n) is 2.60. The quantitative estimate of drug-likeness (QED) is 0.464. The van der Waals surface area contributed by atoms with E-state index < -0.39 is 0 Å². The highest BCUT2D eigenvalue weighted by atomic mass is 16.5. The van der Waals surface area contributed by atoms with Crippen molar-refractivity contribution in [1.82, 2.24) is 4.98 Å². The monoisotopic (exact) mass is 243 g/mol. The second kappa shape index (κ2) is 6.61. The first kappa shape index (κ1) is 12.4. The van der Waals surface area contributed by atoms with Crippen LogP contribution in [0.2, 0.25) is 0 Å². The van der Waals surface area contributed by atoms with Gasteiger partial charge in [0.1, 0.15) is 11.6 Å². The fourth-order valence-corrected chi connectivity index (χ4v) is 1.69. The van der Waals surface area contributed by atoms with Gasteiger partial charge >= 0.3 is 0 Å². The summed E-state index contributed by atoms with van der Waals surface area (Å²) in [7, 11) is 0. The molecule has 0 aliphatic carbocycles. The van der Waals surface area contributed by atoms with Crippen LogP contribution in [0.1, 0.15) is 12.0 Å². The SMILES string of the molecule is NNc1cc(OCCCc2ccccc2)ccn1. The lowest BCUT2D eigenvalue weighted by Crippen LogP contribution is -2.08. The van der Waals surface area contributed by atoms with Gasteiger partial charge in [-0.3, -0.25) is 0 Å². The maximum atomic E-state index is 5.63. The van der Waals surface area contributed by atoms with E-state index in [0.717, 1.165) is 18.6 Å². The van der Waals surface area contributed by atoms with Crippen LogP contribution in [0.3, 0.4) is 0 Å². The molecular weight excluding hydrogens is 226 g/mol. The van der Waals surface area contributed by atoms with Crippen LogP contribution in [0.4, 0.5) is 5.82 Å². The van der Waals surface area contributed by atoms with Crippen LogP contribution >= 0.6 is 0 Å². The number of benzene rings is 1. The largest absolute Gasteiger partial charge is 0.493 e. The normalized spacial score (nSPS) is 10.1. The summed E-state index contributed by atoms with van der Waals surface area (Å²) in [5.41, 5.74) is 3.83. The van der Waals surface area contributed by atoms with E-state index in [1.165, 1.54) is 5.56 Å². The number of ether oxygens (including phenoxy) is 1. The standard InChI is InChI=1S/C14H17N3O/c15-17-14-11-13(8-9-16-14)18-10-4-7-12-5-2-1-3-6-12/h1-3,5-6,8-9,11H,4,7,10,15H2,(H,16,17). The third kappa shape index (κ3) is 3.75. The number of hydrogen-bond acceptors (Lipinski definition) is 4.